The number of carbonyl (C=O) groups excluding carboxylic acids is 2. The number of rotatable bonds is 50. The summed E-state index contributed by atoms with van der Waals surface area (Å²) in [6.07, 6.45) is 48.6. The molecule has 1 fully saturated rings. The molecule has 1 rings (SSSR count). The summed E-state index contributed by atoms with van der Waals surface area (Å²) in [4.78, 5) is 26.5. The summed E-state index contributed by atoms with van der Waals surface area (Å²) in [6.45, 7) is 5.74. The van der Waals surface area contributed by atoms with Gasteiger partial charge in [0.15, 0.2) is 12.4 Å². The highest BCUT2D eigenvalue weighted by molar-refractivity contribution is 5.80. The van der Waals surface area contributed by atoms with E-state index in [1.165, 1.54) is 141 Å². The van der Waals surface area contributed by atoms with E-state index in [-0.39, 0.29) is 19.4 Å². The van der Waals surface area contributed by atoms with E-state index in [0.29, 0.717) is 12.8 Å². The first-order valence-corrected chi connectivity index (χ1v) is 29.9. The fraction of sp³-hybridized carbons (Fsp3) is 0.836. The predicted octanol–water partition coefficient (Wildman–Crippen LogP) is 13.7. The molecule has 72 heavy (non-hydrogen) atoms. The molecule has 0 aliphatic carbocycles. The number of hydrogen-bond acceptors (Lipinski definition) is 10. The summed E-state index contributed by atoms with van der Waals surface area (Å²) in [5.41, 5.74) is 0. The van der Waals surface area contributed by atoms with Crippen molar-refractivity contribution in [3.63, 3.8) is 0 Å². The zero-order chi connectivity index (χ0) is 52.5. The molecule has 6 N–H and O–H groups in total. The first-order valence-electron chi connectivity index (χ1n) is 29.9. The Balaban J connectivity index is 2.71. The van der Waals surface area contributed by atoms with Crippen molar-refractivity contribution in [3.8, 4) is 0 Å². The quantitative estimate of drug-likeness (QED) is 0.0195. The van der Waals surface area contributed by atoms with Crippen LogP contribution in [-0.4, -0.2) is 99.6 Å². The minimum absolute atomic E-state index is 0.103. The van der Waals surface area contributed by atoms with Gasteiger partial charge < -0.3 is 45.1 Å². The second-order valence-electron chi connectivity index (χ2n) is 20.7. The topological polar surface area (TPSA) is 175 Å². The third-order valence-electron chi connectivity index (χ3n) is 14.0. The lowest BCUT2D eigenvalue weighted by Crippen LogP contribution is -2.61. The first-order chi connectivity index (χ1) is 35.2. The summed E-state index contributed by atoms with van der Waals surface area (Å²) >= 11 is 0. The average Bonchev–Trinajstić information content (AvgIpc) is 3.38. The van der Waals surface area contributed by atoms with Gasteiger partial charge in [-0.15, -0.1) is 0 Å². The molecular weight excluding hydrogens is 907 g/mol. The molecule has 0 aromatic carbocycles. The number of carbonyl (C=O) groups is 2. The average molecular weight is 1020 g/mol. The van der Waals surface area contributed by atoms with Gasteiger partial charge in [-0.1, -0.05) is 223 Å². The first kappa shape index (κ1) is 67.6. The van der Waals surface area contributed by atoms with Crippen molar-refractivity contribution in [3.05, 3.63) is 48.6 Å². The second-order valence-corrected chi connectivity index (χ2v) is 20.7. The lowest BCUT2D eigenvalue weighted by molar-refractivity contribution is -0.305. The number of esters is 1. The normalized spacial score (nSPS) is 19.8. The van der Waals surface area contributed by atoms with Crippen LogP contribution in [0.3, 0.4) is 0 Å². The van der Waals surface area contributed by atoms with E-state index in [2.05, 4.69) is 62.5 Å². The van der Waals surface area contributed by atoms with Crippen molar-refractivity contribution in [2.45, 2.75) is 314 Å². The number of nitrogens with one attached hydrogen (secondary N) is 1. The molecule has 1 heterocycles. The molecule has 0 radical (unpaired) electrons. The van der Waals surface area contributed by atoms with Crippen LogP contribution in [0.25, 0.3) is 0 Å². The summed E-state index contributed by atoms with van der Waals surface area (Å²) in [5, 5.41) is 56.8. The molecule has 0 spiro atoms. The van der Waals surface area contributed by atoms with E-state index in [1.54, 1.807) is 6.08 Å². The third kappa shape index (κ3) is 37.4. The van der Waals surface area contributed by atoms with E-state index >= 15 is 0 Å². The maximum atomic E-state index is 13.4. The van der Waals surface area contributed by atoms with Gasteiger partial charge in [-0.05, 0) is 83.5 Å². The zero-order valence-electron chi connectivity index (χ0n) is 46.3. The summed E-state index contributed by atoms with van der Waals surface area (Å²) in [6, 6.07) is -1.03. The SMILES string of the molecule is CCCCC/C=C\C/C=C\CCCCCCCCCCC(O)C(=O)NC(COC1OC(CO)C(O)C(O)C1OC(=O)CCCCC/C=C\CCCCCCCC)C(O)/C=C/CCCCCCCCCCCC. The molecule has 8 unspecified atom stereocenters. The summed E-state index contributed by atoms with van der Waals surface area (Å²) < 4.78 is 17.6. The monoisotopic (exact) mass is 1020 g/mol. The van der Waals surface area contributed by atoms with Crippen LogP contribution >= 0.6 is 0 Å². The van der Waals surface area contributed by atoms with Crippen LogP contribution < -0.4 is 5.32 Å². The Hall–Kier alpha value is -2.38. The smallest absolute Gasteiger partial charge is 0.306 e. The molecule has 0 bridgehead atoms. The van der Waals surface area contributed by atoms with Crippen molar-refractivity contribution in [1.82, 2.24) is 5.32 Å². The molecular formula is C61H111NO10. The van der Waals surface area contributed by atoms with Crippen molar-refractivity contribution >= 4 is 11.9 Å². The summed E-state index contributed by atoms with van der Waals surface area (Å²) in [5.74, 6) is -1.21. The minimum Gasteiger partial charge on any atom is -0.454 e. The Labute approximate surface area is 440 Å². The Morgan fingerprint density at radius 3 is 1.46 bits per heavy atom. The number of amides is 1. The van der Waals surface area contributed by atoms with E-state index in [9.17, 15) is 35.1 Å². The molecule has 1 aliphatic rings. The molecule has 0 aromatic rings. The maximum absolute atomic E-state index is 13.4. The Kier molecular flexibility index (Phi) is 46.5. The van der Waals surface area contributed by atoms with Crippen LogP contribution in [-0.2, 0) is 23.8 Å². The van der Waals surface area contributed by atoms with Crippen LogP contribution in [0, 0.1) is 0 Å². The molecule has 0 aromatic heterocycles. The minimum atomic E-state index is -1.62. The Morgan fingerprint density at radius 2 is 0.958 bits per heavy atom. The molecule has 8 atom stereocenters. The van der Waals surface area contributed by atoms with Gasteiger partial charge in [-0.3, -0.25) is 9.59 Å². The largest absolute Gasteiger partial charge is 0.454 e. The van der Waals surface area contributed by atoms with Crippen molar-refractivity contribution in [2.75, 3.05) is 13.2 Å². The lowest BCUT2D eigenvalue weighted by Gasteiger charge is -2.41. The maximum Gasteiger partial charge on any atom is 0.306 e. The van der Waals surface area contributed by atoms with Crippen molar-refractivity contribution in [1.29, 1.82) is 0 Å². The van der Waals surface area contributed by atoms with Crippen LogP contribution in [0.4, 0.5) is 0 Å². The number of hydrogen-bond donors (Lipinski definition) is 6. The van der Waals surface area contributed by atoms with Crippen LogP contribution in [0.2, 0.25) is 0 Å². The van der Waals surface area contributed by atoms with Crippen molar-refractivity contribution in [2.24, 2.45) is 0 Å². The highest BCUT2D eigenvalue weighted by atomic mass is 16.7. The number of aliphatic hydroxyl groups excluding tert-OH is 5. The number of allylic oxidation sites excluding steroid dienone is 7. The van der Waals surface area contributed by atoms with Gasteiger partial charge in [0, 0.05) is 6.42 Å². The third-order valence-corrected chi connectivity index (χ3v) is 14.0. The molecule has 0 saturated carbocycles. The molecule has 420 valence electrons. The van der Waals surface area contributed by atoms with Crippen LogP contribution in [0.1, 0.15) is 265 Å². The van der Waals surface area contributed by atoms with E-state index < -0.39 is 67.4 Å². The second kappa shape index (κ2) is 49.5. The van der Waals surface area contributed by atoms with Crippen molar-refractivity contribution < 1.29 is 49.3 Å². The lowest BCUT2D eigenvalue weighted by atomic mass is 9.99. The Morgan fingerprint density at radius 1 is 0.542 bits per heavy atom. The number of ether oxygens (including phenoxy) is 3. The number of aliphatic hydroxyl groups is 5. The van der Waals surface area contributed by atoms with Crippen LogP contribution in [0.5, 0.6) is 0 Å². The standard InChI is InChI=1S/C61H111NO10/c1-4-7-10-13-16-19-22-25-26-27-28-29-31-33-36-39-42-45-48-54(65)60(69)62-52(53(64)47-44-41-38-35-32-24-21-18-15-12-9-6-3)51-70-61-59(58(68)57(67)55(50-63)71-61)72-56(66)49-46-43-40-37-34-30-23-20-17-14-11-8-5-2/h16,19,25-26,30,34,44,47,52-55,57-59,61,63-65,67-68H,4-15,17-18,20-24,27-29,31-33,35-43,45-46,48-51H2,1-3H3,(H,62,69)/b19-16-,26-25-,34-30-,47-44+. The fourth-order valence-electron chi connectivity index (χ4n) is 9.15. The predicted molar refractivity (Wildman–Crippen MR) is 297 cm³/mol. The van der Waals surface area contributed by atoms with Gasteiger partial charge in [-0.2, -0.15) is 0 Å². The molecule has 11 heteroatoms. The highest BCUT2D eigenvalue weighted by Crippen LogP contribution is 2.26. The van der Waals surface area contributed by atoms with E-state index in [1.807, 2.05) is 6.08 Å². The van der Waals surface area contributed by atoms with Crippen LogP contribution in [0.15, 0.2) is 48.6 Å². The van der Waals surface area contributed by atoms with E-state index in [0.717, 1.165) is 77.0 Å². The van der Waals surface area contributed by atoms with Gasteiger partial charge in [0.05, 0.1) is 25.4 Å². The molecule has 1 saturated heterocycles. The molecule has 1 amide bonds. The van der Waals surface area contributed by atoms with E-state index in [4.69, 9.17) is 14.2 Å². The van der Waals surface area contributed by atoms with Gasteiger partial charge in [0.25, 0.3) is 0 Å². The molecule has 1 aliphatic heterocycles. The number of unbranched alkanes of at least 4 members (excludes halogenated alkanes) is 30. The molecule has 11 nitrogen and oxygen atoms in total. The van der Waals surface area contributed by atoms with Gasteiger partial charge >= 0.3 is 5.97 Å². The van der Waals surface area contributed by atoms with Gasteiger partial charge in [-0.25, -0.2) is 0 Å². The fourth-order valence-corrected chi connectivity index (χ4v) is 9.15. The van der Waals surface area contributed by atoms with Gasteiger partial charge in [0.2, 0.25) is 5.91 Å². The Bertz CT molecular complexity index is 1350. The summed E-state index contributed by atoms with van der Waals surface area (Å²) in [7, 11) is 0. The highest BCUT2D eigenvalue weighted by Gasteiger charge is 2.47. The zero-order valence-corrected chi connectivity index (χ0v) is 46.3. The van der Waals surface area contributed by atoms with Gasteiger partial charge in [0.1, 0.15) is 24.4 Å².